The van der Waals surface area contributed by atoms with Crippen molar-refractivity contribution in [2.75, 3.05) is 0 Å². The number of aromatic amines is 1. The molecule has 2 N–H and O–H groups in total. The molecule has 0 fully saturated rings. The molecule has 14 heavy (non-hydrogen) atoms. The first-order valence-electron chi connectivity index (χ1n) is 3.13. The number of carbonyl (C=O) groups is 1. The van der Waals surface area contributed by atoms with Crippen LogP contribution in [0.2, 0.25) is 0 Å². The Hall–Kier alpha value is -1.86. The number of aromatic nitrogens is 2. The summed E-state index contributed by atoms with van der Waals surface area (Å²) in [6.45, 7) is 0. The van der Waals surface area contributed by atoms with Crippen molar-refractivity contribution < 1.29 is 23.1 Å². The van der Waals surface area contributed by atoms with Gasteiger partial charge >= 0.3 is 12.1 Å². The molecule has 0 aliphatic rings. The lowest BCUT2D eigenvalue weighted by Gasteiger charge is -1.93. The van der Waals surface area contributed by atoms with Crippen molar-refractivity contribution in [2.24, 2.45) is 0 Å². The van der Waals surface area contributed by atoms with Crippen molar-refractivity contribution in [1.82, 2.24) is 10.2 Å². The molecule has 0 bridgehead atoms. The van der Waals surface area contributed by atoms with Crippen LogP contribution >= 0.6 is 0 Å². The van der Waals surface area contributed by atoms with Crippen molar-refractivity contribution in [1.29, 1.82) is 0 Å². The largest absolute Gasteiger partial charge is 0.490 e. The van der Waals surface area contributed by atoms with Gasteiger partial charge in [0.05, 0.1) is 6.20 Å². The first kappa shape index (κ1) is 12.1. The van der Waals surface area contributed by atoms with E-state index >= 15 is 0 Å². The van der Waals surface area contributed by atoms with Gasteiger partial charge in [0.2, 0.25) is 0 Å². The van der Waals surface area contributed by atoms with Crippen LogP contribution in [0.15, 0.2) is 23.3 Å². The Bertz CT molecular complexity index is 329. The third-order valence-corrected chi connectivity index (χ3v) is 0.831. The van der Waals surface area contributed by atoms with E-state index in [1.807, 2.05) is 0 Å². The Morgan fingerprint density at radius 1 is 1.50 bits per heavy atom. The number of carboxylic acids is 1. The molecule has 0 aliphatic carbocycles. The van der Waals surface area contributed by atoms with E-state index in [1.54, 1.807) is 0 Å². The summed E-state index contributed by atoms with van der Waals surface area (Å²) in [5.41, 5.74) is -0.0706. The second kappa shape index (κ2) is 5.00. The Balaban J connectivity index is 0.000000241. The summed E-state index contributed by atoms with van der Waals surface area (Å²) in [5.74, 6) is -2.76. The molecule has 0 atom stereocenters. The molecule has 0 spiro atoms. The third-order valence-electron chi connectivity index (χ3n) is 0.831. The van der Waals surface area contributed by atoms with Crippen LogP contribution in [0, 0.1) is 0 Å². The van der Waals surface area contributed by atoms with E-state index in [9.17, 15) is 18.0 Å². The number of rotatable bonds is 0. The minimum absolute atomic E-state index is 0.0706. The number of alkyl halides is 3. The third kappa shape index (κ3) is 5.75. The lowest BCUT2D eigenvalue weighted by atomic mass is 10.6. The van der Waals surface area contributed by atoms with Crippen molar-refractivity contribution in [3.63, 3.8) is 0 Å². The van der Waals surface area contributed by atoms with Gasteiger partial charge in [0.25, 0.3) is 0 Å². The number of nitrogens with one attached hydrogen (secondary N) is 1. The predicted molar refractivity (Wildman–Crippen MR) is 38.5 cm³/mol. The molecular weight excluding hydrogens is 205 g/mol. The number of halogens is 3. The highest BCUT2D eigenvalue weighted by molar-refractivity contribution is 5.73. The number of aliphatic carboxylic acids is 1. The van der Waals surface area contributed by atoms with E-state index in [0.717, 1.165) is 0 Å². The minimum Gasteiger partial charge on any atom is -0.475 e. The maximum absolute atomic E-state index is 10.6. The summed E-state index contributed by atoms with van der Waals surface area (Å²) in [6, 6.07) is 1.41. The van der Waals surface area contributed by atoms with E-state index in [2.05, 4.69) is 10.2 Å². The van der Waals surface area contributed by atoms with Crippen LogP contribution < -0.4 is 5.43 Å². The average molecular weight is 210 g/mol. The fraction of sp³-hybridized carbons (Fsp3) is 0.167. The Kier molecular flexibility index (Phi) is 4.33. The van der Waals surface area contributed by atoms with Crippen molar-refractivity contribution >= 4 is 5.97 Å². The quantitative estimate of drug-likeness (QED) is 0.649. The lowest BCUT2D eigenvalue weighted by Crippen LogP contribution is -2.21. The second-order valence-corrected chi connectivity index (χ2v) is 1.93. The van der Waals surface area contributed by atoms with Gasteiger partial charge in [-0.1, -0.05) is 0 Å². The molecule has 0 amide bonds. The molecule has 8 heteroatoms. The zero-order valence-corrected chi connectivity index (χ0v) is 6.58. The van der Waals surface area contributed by atoms with Gasteiger partial charge in [-0.15, -0.1) is 0 Å². The summed E-state index contributed by atoms with van der Waals surface area (Å²) in [7, 11) is 0. The Morgan fingerprint density at radius 2 is 2.00 bits per heavy atom. The molecule has 1 aromatic rings. The van der Waals surface area contributed by atoms with Crippen LogP contribution in [0.1, 0.15) is 0 Å². The Morgan fingerprint density at radius 3 is 2.14 bits per heavy atom. The highest BCUT2D eigenvalue weighted by atomic mass is 19.4. The fourth-order valence-corrected chi connectivity index (χ4v) is 0.306. The summed E-state index contributed by atoms with van der Waals surface area (Å²) < 4.78 is 31.7. The number of H-pyrrole nitrogens is 1. The minimum atomic E-state index is -5.08. The van der Waals surface area contributed by atoms with Crippen LogP contribution in [-0.2, 0) is 4.79 Å². The predicted octanol–water partition coefficient (Wildman–Crippen LogP) is 0.403. The first-order chi connectivity index (χ1) is 6.34. The van der Waals surface area contributed by atoms with Gasteiger partial charge in [0, 0.05) is 12.3 Å². The standard InChI is InChI=1S/C4H4N2O.C2HF3O2/c7-4-1-2-5-6-3-4;3-2(4,5)1(6)7/h1-3H,(H,5,7);(H,6,7). The van der Waals surface area contributed by atoms with Crippen molar-refractivity contribution in [2.45, 2.75) is 6.18 Å². The SMILES string of the molecule is O=C(O)C(F)(F)F.O=c1cc[nH]nc1. The molecule has 1 aromatic heterocycles. The number of nitrogens with zero attached hydrogens (tertiary/aromatic N) is 1. The zero-order chi connectivity index (χ0) is 11.2. The van der Waals surface area contributed by atoms with Gasteiger partial charge in [-0.05, 0) is 0 Å². The van der Waals surface area contributed by atoms with E-state index in [1.165, 1.54) is 18.5 Å². The van der Waals surface area contributed by atoms with E-state index < -0.39 is 12.1 Å². The number of hydrogen-bond acceptors (Lipinski definition) is 3. The Labute approximate surface area is 75.2 Å². The number of carboxylic acid groups (broad SMARTS) is 1. The topological polar surface area (TPSA) is 83.0 Å². The fourth-order valence-electron chi connectivity index (χ4n) is 0.306. The van der Waals surface area contributed by atoms with Crippen LogP contribution in [0.4, 0.5) is 13.2 Å². The normalized spacial score (nSPS) is 9.93. The summed E-state index contributed by atoms with van der Waals surface area (Å²) >= 11 is 0. The van der Waals surface area contributed by atoms with Crippen LogP contribution in [0.25, 0.3) is 0 Å². The summed E-state index contributed by atoms with van der Waals surface area (Å²) in [6.07, 6.45) is -2.37. The second-order valence-electron chi connectivity index (χ2n) is 1.93. The van der Waals surface area contributed by atoms with Crippen LogP contribution in [0.3, 0.4) is 0 Å². The van der Waals surface area contributed by atoms with E-state index in [0.29, 0.717) is 0 Å². The van der Waals surface area contributed by atoms with E-state index in [4.69, 9.17) is 9.90 Å². The molecule has 1 rings (SSSR count). The van der Waals surface area contributed by atoms with Crippen molar-refractivity contribution in [3.8, 4) is 0 Å². The smallest absolute Gasteiger partial charge is 0.475 e. The highest BCUT2D eigenvalue weighted by Crippen LogP contribution is 2.13. The highest BCUT2D eigenvalue weighted by Gasteiger charge is 2.38. The maximum Gasteiger partial charge on any atom is 0.490 e. The van der Waals surface area contributed by atoms with Gasteiger partial charge in [-0.2, -0.15) is 18.3 Å². The van der Waals surface area contributed by atoms with Gasteiger partial charge in [0.15, 0.2) is 5.43 Å². The first-order valence-corrected chi connectivity index (χ1v) is 3.13. The average Bonchev–Trinajstić information content (AvgIpc) is 2.04. The molecule has 5 nitrogen and oxygen atoms in total. The van der Waals surface area contributed by atoms with Crippen LogP contribution in [0.5, 0.6) is 0 Å². The van der Waals surface area contributed by atoms with Gasteiger partial charge in [0.1, 0.15) is 0 Å². The molecule has 78 valence electrons. The molecule has 0 aliphatic heterocycles. The summed E-state index contributed by atoms with van der Waals surface area (Å²) in [4.78, 5) is 19.1. The van der Waals surface area contributed by atoms with E-state index in [-0.39, 0.29) is 5.43 Å². The number of hydrogen-bond donors (Lipinski definition) is 2. The van der Waals surface area contributed by atoms with Crippen molar-refractivity contribution in [3.05, 3.63) is 28.7 Å². The van der Waals surface area contributed by atoms with Gasteiger partial charge in [-0.25, -0.2) is 4.79 Å². The van der Waals surface area contributed by atoms with Gasteiger partial charge < -0.3 is 5.11 Å². The monoisotopic (exact) mass is 210 g/mol. The molecule has 0 saturated heterocycles. The molecule has 0 saturated carbocycles. The molecular formula is C6H5F3N2O3. The zero-order valence-electron chi connectivity index (χ0n) is 6.58. The lowest BCUT2D eigenvalue weighted by molar-refractivity contribution is -0.192. The van der Waals surface area contributed by atoms with Gasteiger partial charge in [-0.3, -0.25) is 9.89 Å². The maximum atomic E-state index is 10.6. The molecule has 1 heterocycles. The summed E-state index contributed by atoms with van der Waals surface area (Å²) in [5, 5.41) is 13.1. The molecule has 0 aromatic carbocycles. The van der Waals surface area contributed by atoms with Crippen LogP contribution in [-0.4, -0.2) is 27.4 Å². The molecule has 0 radical (unpaired) electrons. The molecule has 0 unspecified atom stereocenters.